The Kier molecular flexibility index (Phi) is 4.29. The summed E-state index contributed by atoms with van der Waals surface area (Å²) in [6, 6.07) is 8.82. The molecule has 3 heteroatoms. The maximum absolute atomic E-state index is 13.0. The summed E-state index contributed by atoms with van der Waals surface area (Å²) in [5, 5.41) is 6.70. The molecule has 2 aliphatic rings. The van der Waals surface area contributed by atoms with Crippen LogP contribution in [0.1, 0.15) is 49.7 Å². The predicted octanol–water partition coefficient (Wildman–Crippen LogP) is 2.68. The van der Waals surface area contributed by atoms with Crippen LogP contribution < -0.4 is 10.6 Å². The van der Waals surface area contributed by atoms with Crippen molar-refractivity contribution >= 4 is 5.91 Å². The lowest BCUT2D eigenvalue weighted by Gasteiger charge is -2.32. The van der Waals surface area contributed by atoms with Gasteiger partial charge in [0.1, 0.15) is 0 Å². The normalized spacial score (nSPS) is 24.7. The number of benzene rings is 1. The van der Waals surface area contributed by atoms with Gasteiger partial charge in [0, 0.05) is 12.6 Å². The molecule has 0 bridgehead atoms. The van der Waals surface area contributed by atoms with Gasteiger partial charge in [-0.05, 0) is 44.7 Å². The topological polar surface area (TPSA) is 41.1 Å². The molecule has 1 atom stereocenters. The molecule has 0 spiro atoms. The number of piperidine rings is 1. The number of hydrogen-bond donors (Lipinski definition) is 2. The average molecular weight is 286 g/mol. The SMILES string of the molecule is Cc1cccc(C2(C(=O)NC3CCCNC3)CCCC2)c1. The van der Waals surface area contributed by atoms with E-state index in [1.807, 2.05) is 0 Å². The smallest absolute Gasteiger partial charge is 0.230 e. The first kappa shape index (κ1) is 14.6. The maximum atomic E-state index is 13.0. The van der Waals surface area contributed by atoms with Crippen LogP contribution in [0.2, 0.25) is 0 Å². The third kappa shape index (κ3) is 2.98. The van der Waals surface area contributed by atoms with Crippen LogP contribution in [-0.2, 0) is 10.2 Å². The lowest BCUT2D eigenvalue weighted by atomic mass is 9.77. The van der Waals surface area contributed by atoms with Crippen LogP contribution in [-0.4, -0.2) is 25.0 Å². The minimum Gasteiger partial charge on any atom is -0.351 e. The van der Waals surface area contributed by atoms with Crippen LogP contribution in [0.15, 0.2) is 24.3 Å². The first-order valence-corrected chi connectivity index (χ1v) is 8.29. The fourth-order valence-corrected chi connectivity index (χ4v) is 3.87. The summed E-state index contributed by atoms with van der Waals surface area (Å²) in [6.45, 7) is 4.10. The molecule has 0 aromatic heterocycles. The standard InChI is InChI=1S/C18H26N2O/c1-14-6-4-7-15(12-14)18(9-2-3-10-18)17(21)20-16-8-5-11-19-13-16/h4,6-7,12,16,19H,2-3,5,8-11,13H2,1H3,(H,20,21). The van der Waals surface area contributed by atoms with E-state index in [0.717, 1.165) is 51.6 Å². The zero-order valence-electron chi connectivity index (χ0n) is 13.0. The van der Waals surface area contributed by atoms with E-state index >= 15 is 0 Å². The molecule has 3 rings (SSSR count). The second-order valence-corrected chi connectivity index (χ2v) is 6.68. The number of hydrogen-bond acceptors (Lipinski definition) is 2. The summed E-state index contributed by atoms with van der Waals surface area (Å²) in [6.07, 6.45) is 6.55. The van der Waals surface area contributed by atoms with Gasteiger partial charge in [-0.15, -0.1) is 0 Å². The van der Waals surface area contributed by atoms with Crippen molar-refractivity contribution in [1.82, 2.24) is 10.6 Å². The number of carbonyl (C=O) groups excluding carboxylic acids is 1. The van der Waals surface area contributed by atoms with Gasteiger partial charge in [-0.3, -0.25) is 4.79 Å². The number of carbonyl (C=O) groups is 1. The molecule has 3 nitrogen and oxygen atoms in total. The Morgan fingerprint density at radius 3 is 2.76 bits per heavy atom. The predicted molar refractivity (Wildman–Crippen MR) is 85.4 cm³/mol. The van der Waals surface area contributed by atoms with Crippen molar-refractivity contribution in [3.63, 3.8) is 0 Å². The van der Waals surface area contributed by atoms with Gasteiger partial charge < -0.3 is 10.6 Å². The largest absolute Gasteiger partial charge is 0.351 e. The number of nitrogens with one attached hydrogen (secondary N) is 2. The Bertz CT molecular complexity index is 500. The second-order valence-electron chi connectivity index (χ2n) is 6.68. The fraction of sp³-hybridized carbons (Fsp3) is 0.611. The number of aryl methyl sites for hydroxylation is 1. The second kappa shape index (κ2) is 6.18. The molecular weight excluding hydrogens is 260 g/mol. The minimum absolute atomic E-state index is 0.249. The van der Waals surface area contributed by atoms with Gasteiger partial charge in [0.25, 0.3) is 0 Å². The molecule has 1 saturated carbocycles. The third-order valence-electron chi connectivity index (χ3n) is 5.09. The van der Waals surface area contributed by atoms with Crippen LogP contribution in [0.3, 0.4) is 0 Å². The van der Waals surface area contributed by atoms with Gasteiger partial charge in [0.05, 0.1) is 5.41 Å². The molecule has 1 aromatic rings. The summed E-state index contributed by atoms with van der Waals surface area (Å²) < 4.78 is 0. The molecule has 1 heterocycles. The van der Waals surface area contributed by atoms with Gasteiger partial charge in [-0.1, -0.05) is 42.7 Å². The molecule has 1 aromatic carbocycles. The van der Waals surface area contributed by atoms with E-state index in [1.165, 1.54) is 11.1 Å². The van der Waals surface area contributed by atoms with Crippen molar-refractivity contribution in [3.8, 4) is 0 Å². The highest BCUT2D eigenvalue weighted by Crippen LogP contribution is 2.41. The summed E-state index contributed by atoms with van der Waals surface area (Å²) in [7, 11) is 0. The van der Waals surface area contributed by atoms with E-state index in [2.05, 4.69) is 41.8 Å². The van der Waals surface area contributed by atoms with Gasteiger partial charge in [-0.25, -0.2) is 0 Å². The van der Waals surface area contributed by atoms with Gasteiger partial charge in [0.15, 0.2) is 0 Å². The van der Waals surface area contributed by atoms with E-state index in [-0.39, 0.29) is 11.3 Å². The van der Waals surface area contributed by atoms with Crippen molar-refractivity contribution in [2.24, 2.45) is 0 Å². The number of amides is 1. The highest BCUT2D eigenvalue weighted by molar-refractivity contribution is 5.89. The van der Waals surface area contributed by atoms with E-state index < -0.39 is 0 Å². The van der Waals surface area contributed by atoms with Crippen LogP contribution in [0.4, 0.5) is 0 Å². The van der Waals surface area contributed by atoms with Crippen molar-refractivity contribution < 1.29 is 4.79 Å². The monoisotopic (exact) mass is 286 g/mol. The summed E-state index contributed by atoms with van der Waals surface area (Å²) in [4.78, 5) is 13.0. The molecule has 1 amide bonds. The first-order valence-electron chi connectivity index (χ1n) is 8.29. The Balaban J connectivity index is 1.81. The zero-order chi connectivity index (χ0) is 14.7. The Labute approximate surface area is 127 Å². The van der Waals surface area contributed by atoms with E-state index in [9.17, 15) is 4.79 Å². The van der Waals surface area contributed by atoms with E-state index in [0.29, 0.717) is 6.04 Å². The molecular formula is C18H26N2O. The summed E-state index contributed by atoms with van der Waals surface area (Å²) >= 11 is 0. The molecule has 2 fully saturated rings. The highest BCUT2D eigenvalue weighted by Gasteiger charge is 2.43. The first-order chi connectivity index (χ1) is 10.2. The highest BCUT2D eigenvalue weighted by atomic mass is 16.2. The number of rotatable bonds is 3. The molecule has 1 aliphatic heterocycles. The molecule has 114 valence electrons. The Morgan fingerprint density at radius 1 is 1.29 bits per heavy atom. The quantitative estimate of drug-likeness (QED) is 0.897. The van der Waals surface area contributed by atoms with Crippen LogP contribution >= 0.6 is 0 Å². The van der Waals surface area contributed by atoms with Crippen molar-refractivity contribution in [2.75, 3.05) is 13.1 Å². The van der Waals surface area contributed by atoms with Gasteiger partial charge in [0.2, 0.25) is 5.91 Å². The lowest BCUT2D eigenvalue weighted by molar-refractivity contribution is -0.127. The van der Waals surface area contributed by atoms with Crippen molar-refractivity contribution in [2.45, 2.75) is 56.9 Å². The molecule has 21 heavy (non-hydrogen) atoms. The molecule has 1 saturated heterocycles. The average Bonchev–Trinajstić information content (AvgIpc) is 2.99. The third-order valence-corrected chi connectivity index (χ3v) is 5.09. The fourth-order valence-electron chi connectivity index (χ4n) is 3.87. The molecule has 2 N–H and O–H groups in total. The zero-order valence-corrected chi connectivity index (χ0v) is 13.0. The Morgan fingerprint density at radius 2 is 2.10 bits per heavy atom. The lowest BCUT2D eigenvalue weighted by Crippen LogP contribution is -2.51. The van der Waals surface area contributed by atoms with Crippen molar-refractivity contribution in [3.05, 3.63) is 35.4 Å². The van der Waals surface area contributed by atoms with Crippen LogP contribution in [0, 0.1) is 6.92 Å². The minimum atomic E-state index is -0.288. The summed E-state index contributed by atoms with van der Waals surface area (Å²) in [5.74, 6) is 0.249. The van der Waals surface area contributed by atoms with E-state index in [4.69, 9.17) is 0 Å². The van der Waals surface area contributed by atoms with Crippen LogP contribution in [0.25, 0.3) is 0 Å². The molecule has 1 unspecified atom stereocenters. The van der Waals surface area contributed by atoms with Crippen molar-refractivity contribution in [1.29, 1.82) is 0 Å². The maximum Gasteiger partial charge on any atom is 0.230 e. The van der Waals surface area contributed by atoms with E-state index in [1.54, 1.807) is 0 Å². The Hall–Kier alpha value is -1.35. The van der Waals surface area contributed by atoms with Gasteiger partial charge in [-0.2, -0.15) is 0 Å². The molecule has 1 aliphatic carbocycles. The van der Waals surface area contributed by atoms with Crippen LogP contribution in [0.5, 0.6) is 0 Å². The summed E-state index contributed by atoms with van der Waals surface area (Å²) in [5.41, 5.74) is 2.16. The van der Waals surface area contributed by atoms with Gasteiger partial charge >= 0.3 is 0 Å². The molecule has 0 radical (unpaired) electrons.